The van der Waals surface area contributed by atoms with Gasteiger partial charge in [0, 0.05) is 11.6 Å². The summed E-state index contributed by atoms with van der Waals surface area (Å²) in [4.78, 5) is 8.50. The van der Waals surface area contributed by atoms with Crippen molar-refractivity contribution < 1.29 is 0 Å². The summed E-state index contributed by atoms with van der Waals surface area (Å²) in [5.74, 6) is 7.11. The Balaban J connectivity index is 2.14. The highest BCUT2D eigenvalue weighted by Gasteiger charge is 2.31. The summed E-state index contributed by atoms with van der Waals surface area (Å²) in [7, 11) is 0. The predicted octanol–water partition coefficient (Wildman–Crippen LogP) is 2.32. The van der Waals surface area contributed by atoms with Crippen LogP contribution in [0.25, 0.3) is 0 Å². The van der Waals surface area contributed by atoms with Crippen molar-refractivity contribution >= 4 is 11.6 Å². The van der Waals surface area contributed by atoms with E-state index in [4.69, 9.17) is 5.84 Å². The Labute approximate surface area is 109 Å². The third kappa shape index (κ3) is 2.72. The number of nitrogens with two attached hydrogens (primary N) is 1. The molecule has 2 rings (SSSR count). The molecule has 1 aromatic rings. The molecule has 0 amide bonds. The van der Waals surface area contributed by atoms with Crippen LogP contribution in [0.5, 0.6) is 0 Å². The van der Waals surface area contributed by atoms with E-state index in [9.17, 15) is 0 Å². The van der Waals surface area contributed by atoms with E-state index in [-0.39, 0.29) is 0 Å². The highest BCUT2D eigenvalue weighted by Crippen LogP contribution is 2.38. The summed E-state index contributed by atoms with van der Waals surface area (Å²) in [5.41, 5.74) is 4.13. The number of nitrogen functional groups attached to an aromatic ring is 1. The minimum atomic E-state index is 0.437. The van der Waals surface area contributed by atoms with E-state index >= 15 is 0 Å². The average Bonchev–Trinajstić information content (AvgIpc) is 2.68. The van der Waals surface area contributed by atoms with Gasteiger partial charge in [0.2, 0.25) is 0 Å². The van der Waals surface area contributed by atoms with Crippen molar-refractivity contribution in [3.8, 4) is 0 Å². The Kier molecular flexibility index (Phi) is 3.71. The lowest BCUT2D eigenvalue weighted by Gasteiger charge is -2.20. The topological polar surface area (TPSA) is 75.9 Å². The standard InChI is InChI=1S/C13H23N5/c1-4-10-11(15-8-16-12(10)18-14)17-9-5-6-13(2,3)7-9/h8-9H,4-7,14H2,1-3H3,(H2,15,16,17,18). The molecule has 5 heteroatoms. The Bertz CT molecular complexity index is 416. The molecule has 1 atom stereocenters. The maximum absolute atomic E-state index is 5.48. The van der Waals surface area contributed by atoms with Gasteiger partial charge in [-0.3, -0.25) is 0 Å². The third-order valence-corrected chi connectivity index (χ3v) is 3.75. The van der Waals surface area contributed by atoms with Crippen LogP contribution in [-0.2, 0) is 6.42 Å². The summed E-state index contributed by atoms with van der Waals surface area (Å²) < 4.78 is 0. The summed E-state index contributed by atoms with van der Waals surface area (Å²) in [6, 6.07) is 0.505. The number of hydrogen-bond acceptors (Lipinski definition) is 5. The number of aromatic nitrogens is 2. The lowest BCUT2D eigenvalue weighted by atomic mass is 9.92. The zero-order valence-corrected chi connectivity index (χ0v) is 11.5. The predicted molar refractivity (Wildman–Crippen MR) is 74.3 cm³/mol. The summed E-state index contributed by atoms with van der Waals surface area (Å²) >= 11 is 0. The summed E-state index contributed by atoms with van der Waals surface area (Å²) in [6.07, 6.45) is 6.06. The number of hydrazine groups is 1. The molecule has 0 spiro atoms. The van der Waals surface area contributed by atoms with Crippen molar-refractivity contribution in [2.24, 2.45) is 11.3 Å². The second-order valence-corrected chi connectivity index (χ2v) is 5.80. The normalized spacial score (nSPS) is 21.9. The van der Waals surface area contributed by atoms with Gasteiger partial charge in [-0.2, -0.15) is 0 Å². The van der Waals surface area contributed by atoms with Crippen molar-refractivity contribution in [1.29, 1.82) is 0 Å². The maximum Gasteiger partial charge on any atom is 0.148 e. The molecule has 0 bridgehead atoms. The number of anilines is 2. The van der Waals surface area contributed by atoms with Gasteiger partial charge in [0.15, 0.2) is 0 Å². The van der Waals surface area contributed by atoms with Gasteiger partial charge in [0.25, 0.3) is 0 Å². The molecule has 1 fully saturated rings. The molecular weight excluding hydrogens is 226 g/mol. The molecule has 1 unspecified atom stereocenters. The zero-order valence-electron chi connectivity index (χ0n) is 11.5. The van der Waals surface area contributed by atoms with E-state index in [0.29, 0.717) is 17.3 Å². The number of hydrogen-bond donors (Lipinski definition) is 3. The molecular formula is C13H23N5. The van der Waals surface area contributed by atoms with E-state index in [0.717, 1.165) is 17.8 Å². The molecule has 0 radical (unpaired) electrons. The number of rotatable bonds is 4. The first-order chi connectivity index (χ1) is 8.55. The molecule has 18 heavy (non-hydrogen) atoms. The summed E-state index contributed by atoms with van der Waals surface area (Å²) in [6.45, 7) is 6.73. The molecule has 1 aliphatic rings. The Hall–Kier alpha value is -1.36. The van der Waals surface area contributed by atoms with E-state index in [2.05, 4.69) is 41.5 Å². The molecule has 100 valence electrons. The van der Waals surface area contributed by atoms with Crippen LogP contribution in [0.3, 0.4) is 0 Å². The maximum atomic E-state index is 5.48. The van der Waals surface area contributed by atoms with Crippen LogP contribution in [0.2, 0.25) is 0 Å². The van der Waals surface area contributed by atoms with Gasteiger partial charge in [-0.25, -0.2) is 15.8 Å². The quantitative estimate of drug-likeness (QED) is 0.564. The fraction of sp³-hybridized carbons (Fsp3) is 0.692. The smallest absolute Gasteiger partial charge is 0.148 e. The monoisotopic (exact) mass is 249 g/mol. The largest absolute Gasteiger partial charge is 0.367 e. The summed E-state index contributed by atoms with van der Waals surface area (Å²) in [5, 5.41) is 3.54. The first-order valence-corrected chi connectivity index (χ1v) is 6.63. The molecule has 1 saturated carbocycles. The van der Waals surface area contributed by atoms with E-state index in [1.807, 2.05) is 0 Å². The minimum absolute atomic E-state index is 0.437. The fourth-order valence-corrected chi connectivity index (χ4v) is 2.75. The van der Waals surface area contributed by atoms with Gasteiger partial charge in [-0.1, -0.05) is 20.8 Å². The van der Waals surface area contributed by atoms with Crippen molar-refractivity contribution in [2.75, 3.05) is 10.7 Å². The Morgan fingerprint density at radius 2 is 2.11 bits per heavy atom. The van der Waals surface area contributed by atoms with Crippen molar-refractivity contribution in [3.05, 3.63) is 11.9 Å². The van der Waals surface area contributed by atoms with Crippen molar-refractivity contribution in [1.82, 2.24) is 9.97 Å². The molecule has 0 aliphatic heterocycles. The first kappa shape index (κ1) is 13.1. The Morgan fingerprint density at radius 3 is 2.67 bits per heavy atom. The fourth-order valence-electron chi connectivity index (χ4n) is 2.75. The molecule has 4 N–H and O–H groups in total. The second-order valence-electron chi connectivity index (χ2n) is 5.80. The highest BCUT2D eigenvalue weighted by atomic mass is 15.3. The molecule has 1 heterocycles. The molecule has 1 aliphatic carbocycles. The minimum Gasteiger partial charge on any atom is -0.367 e. The lowest BCUT2D eigenvalue weighted by Crippen LogP contribution is -2.21. The van der Waals surface area contributed by atoms with Crippen LogP contribution in [-0.4, -0.2) is 16.0 Å². The van der Waals surface area contributed by atoms with Gasteiger partial charge in [-0.15, -0.1) is 0 Å². The van der Waals surface area contributed by atoms with E-state index < -0.39 is 0 Å². The zero-order chi connectivity index (χ0) is 13.2. The number of nitrogens with one attached hydrogen (secondary N) is 2. The van der Waals surface area contributed by atoms with Crippen LogP contribution in [0.15, 0.2) is 6.33 Å². The van der Waals surface area contributed by atoms with Crippen LogP contribution >= 0.6 is 0 Å². The van der Waals surface area contributed by atoms with Crippen LogP contribution < -0.4 is 16.6 Å². The first-order valence-electron chi connectivity index (χ1n) is 6.63. The van der Waals surface area contributed by atoms with E-state index in [1.165, 1.54) is 19.3 Å². The van der Waals surface area contributed by atoms with Gasteiger partial charge in [-0.05, 0) is 31.1 Å². The number of nitrogens with zero attached hydrogens (tertiary/aromatic N) is 2. The van der Waals surface area contributed by atoms with Gasteiger partial charge in [0.05, 0.1) is 0 Å². The highest BCUT2D eigenvalue weighted by molar-refractivity contribution is 5.57. The molecule has 0 saturated heterocycles. The van der Waals surface area contributed by atoms with Gasteiger partial charge in [0.1, 0.15) is 18.0 Å². The molecule has 5 nitrogen and oxygen atoms in total. The van der Waals surface area contributed by atoms with Crippen molar-refractivity contribution in [2.45, 2.75) is 52.5 Å². The van der Waals surface area contributed by atoms with E-state index in [1.54, 1.807) is 6.33 Å². The molecule has 1 aromatic heterocycles. The van der Waals surface area contributed by atoms with Crippen LogP contribution in [0, 0.1) is 5.41 Å². The second kappa shape index (κ2) is 5.10. The van der Waals surface area contributed by atoms with Gasteiger partial charge >= 0.3 is 0 Å². The lowest BCUT2D eigenvalue weighted by molar-refractivity contribution is 0.378. The van der Waals surface area contributed by atoms with Gasteiger partial charge < -0.3 is 10.7 Å². The third-order valence-electron chi connectivity index (χ3n) is 3.75. The molecule has 0 aromatic carbocycles. The SMILES string of the molecule is CCc1c(NN)ncnc1NC1CCC(C)(C)C1. The Morgan fingerprint density at radius 1 is 1.39 bits per heavy atom. The van der Waals surface area contributed by atoms with Crippen LogP contribution in [0.4, 0.5) is 11.6 Å². The average molecular weight is 249 g/mol. The van der Waals surface area contributed by atoms with Crippen LogP contribution in [0.1, 0.15) is 45.6 Å². The van der Waals surface area contributed by atoms with Crippen molar-refractivity contribution in [3.63, 3.8) is 0 Å².